The van der Waals surface area contributed by atoms with Gasteiger partial charge in [0.1, 0.15) is 6.29 Å². The molecule has 0 saturated heterocycles. The molecule has 0 unspecified atom stereocenters. The molecule has 82 valence electrons. The van der Waals surface area contributed by atoms with E-state index in [1.54, 1.807) is 0 Å². The maximum absolute atomic E-state index is 10.9. The van der Waals surface area contributed by atoms with Crippen molar-refractivity contribution in [2.75, 3.05) is 13.1 Å². The van der Waals surface area contributed by atoms with Crippen molar-refractivity contribution in [3.8, 4) is 0 Å². The lowest BCUT2D eigenvalue weighted by Gasteiger charge is -2.31. The van der Waals surface area contributed by atoms with E-state index in [1.165, 1.54) is 10.4 Å². The van der Waals surface area contributed by atoms with Crippen molar-refractivity contribution in [2.45, 2.75) is 26.8 Å². The Morgan fingerprint density at radius 2 is 2.40 bits per heavy atom. The average molecular weight is 223 g/mol. The van der Waals surface area contributed by atoms with Gasteiger partial charge in [-0.15, -0.1) is 11.3 Å². The molecule has 2 rings (SSSR count). The summed E-state index contributed by atoms with van der Waals surface area (Å²) in [6.07, 6.45) is 2.21. The fraction of sp³-hybridized carbons (Fsp3) is 0.583. The lowest BCUT2D eigenvalue weighted by molar-refractivity contribution is -0.115. The zero-order valence-corrected chi connectivity index (χ0v) is 10.1. The molecule has 1 aliphatic rings. The maximum Gasteiger partial charge on any atom is 0.126 e. The highest BCUT2D eigenvalue weighted by atomic mass is 32.1. The van der Waals surface area contributed by atoms with Gasteiger partial charge in [-0.1, -0.05) is 13.8 Å². The summed E-state index contributed by atoms with van der Waals surface area (Å²) in [5.41, 5.74) is 1.24. The zero-order chi connectivity index (χ0) is 10.9. The second kappa shape index (κ2) is 4.06. The molecule has 1 aliphatic heterocycles. The number of aldehydes is 1. The van der Waals surface area contributed by atoms with Crippen LogP contribution in [0, 0.1) is 5.41 Å². The minimum Gasteiger partial charge on any atom is -0.303 e. The molecule has 0 aromatic carbocycles. The Bertz CT molecular complexity index is 356. The number of carbonyl (C=O) groups is 1. The van der Waals surface area contributed by atoms with Gasteiger partial charge in [0.15, 0.2) is 0 Å². The summed E-state index contributed by atoms with van der Waals surface area (Å²) in [6, 6.07) is 2.21. The van der Waals surface area contributed by atoms with Crippen LogP contribution in [-0.4, -0.2) is 24.3 Å². The molecular formula is C12H17NOS. The third-order valence-electron chi connectivity index (χ3n) is 2.84. The van der Waals surface area contributed by atoms with Crippen molar-refractivity contribution in [1.82, 2.24) is 4.90 Å². The molecule has 0 aliphatic carbocycles. The van der Waals surface area contributed by atoms with Gasteiger partial charge in [-0.25, -0.2) is 0 Å². The van der Waals surface area contributed by atoms with Gasteiger partial charge in [0, 0.05) is 29.9 Å². The van der Waals surface area contributed by atoms with Gasteiger partial charge in [0.25, 0.3) is 0 Å². The summed E-state index contributed by atoms with van der Waals surface area (Å²) >= 11 is 1.85. The molecular weight excluding hydrogens is 206 g/mol. The van der Waals surface area contributed by atoms with Crippen molar-refractivity contribution in [1.29, 1.82) is 0 Å². The molecule has 2 heterocycles. The highest BCUT2D eigenvalue weighted by Crippen LogP contribution is 2.25. The van der Waals surface area contributed by atoms with Crippen LogP contribution in [0.1, 0.15) is 24.3 Å². The maximum atomic E-state index is 10.9. The summed E-state index contributed by atoms with van der Waals surface area (Å²) in [6.45, 7) is 6.97. The Hall–Kier alpha value is -0.670. The molecule has 15 heavy (non-hydrogen) atoms. The number of hydrogen-bond acceptors (Lipinski definition) is 3. The smallest absolute Gasteiger partial charge is 0.126 e. The van der Waals surface area contributed by atoms with E-state index in [9.17, 15) is 4.79 Å². The Kier molecular flexibility index (Phi) is 2.94. The summed E-state index contributed by atoms with van der Waals surface area (Å²) in [7, 11) is 0. The summed E-state index contributed by atoms with van der Waals surface area (Å²) < 4.78 is 0. The first-order chi connectivity index (χ1) is 7.11. The van der Waals surface area contributed by atoms with Gasteiger partial charge >= 0.3 is 0 Å². The van der Waals surface area contributed by atoms with Crippen LogP contribution in [0.2, 0.25) is 0 Å². The lowest BCUT2D eigenvalue weighted by atomic mass is 9.94. The molecule has 0 saturated carbocycles. The highest BCUT2D eigenvalue weighted by molar-refractivity contribution is 7.10. The van der Waals surface area contributed by atoms with Crippen molar-refractivity contribution >= 4 is 17.6 Å². The normalized spacial score (nSPS) is 17.5. The Morgan fingerprint density at radius 3 is 3.13 bits per heavy atom. The topological polar surface area (TPSA) is 20.3 Å². The van der Waals surface area contributed by atoms with E-state index < -0.39 is 0 Å². The van der Waals surface area contributed by atoms with E-state index in [1.807, 2.05) is 25.2 Å². The number of hydrogen-bond donors (Lipinski definition) is 0. The predicted octanol–water partition coefficient (Wildman–Crippen LogP) is 2.33. The minimum atomic E-state index is -0.215. The lowest BCUT2D eigenvalue weighted by Crippen LogP contribution is -2.38. The fourth-order valence-electron chi connectivity index (χ4n) is 2.06. The Labute approximate surface area is 94.9 Å². The molecule has 0 spiro atoms. The van der Waals surface area contributed by atoms with Crippen LogP contribution in [0.25, 0.3) is 0 Å². The largest absolute Gasteiger partial charge is 0.303 e. The van der Waals surface area contributed by atoms with E-state index in [0.29, 0.717) is 0 Å². The highest BCUT2D eigenvalue weighted by Gasteiger charge is 2.24. The predicted molar refractivity (Wildman–Crippen MR) is 63.1 cm³/mol. The number of nitrogens with zero attached hydrogens (tertiary/aromatic N) is 1. The molecule has 0 atom stereocenters. The number of thiophene rings is 1. The van der Waals surface area contributed by atoms with Gasteiger partial charge in [-0.2, -0.15) is 0 Å². The van der Waals surface area contributed by atoms with Crippen LogP contribution in [0.15, 0.2) is 11.4 Å². The molecule has 0 radical (unpaired) electrons. The molecule has 0 N–H and O–H groups in total. The Balaban J connectivity index is 2.01. The second-order valence-corrected chi connectivity index (χ2v) is 5.94. The van der Waals surface area contributed by atoms with Crippen LogP contribution >= 0.6 is 11.3 Å². The molecule has 0 bridgehead atoms. The van der Waals surface area contributed by atoms with Crippen molar-refractivity contribution in [3.05, 3.63) is 21.9 Å². The SMILES string of the molecule is CC(C)(C=O)CN1CCc2sccc2C1. The van der Waals surface area contributed by atoms with Gasteiger partial charge < -0.3 is 4.79 Å². The van der Waals surface area contributed by atoms with Crippen LogP contribution < -0.4 is 0 Å². The number of fused-ring (bicyclic) bond motifs is 1. The summed E-state index contributed by atoms with van der Waals surface area (Å²) in [5, 5.41) is 2.17. The van der Waals surface area contributed by atoms with Crippen LogP contribution in [-0.2, 0) is 17.8 Å². The second-order valence-electron chi connectivity index (χ2n) is 4.94. The van der Waals surface area contributed by atoms with E-state index in [4.69, 9.17) is 0 Å². The number of carbonyl (C=O) groups excluding carboxylic acids is 1. The van der Waals surface area contributed by atoms with Gasteiger partial charge in [-0.3, -0.25) is 4.90 Å². The van der Waals surface area contributed by atoms with Crippen LogP contribution in [0.3, 0.4) is 0 Å². The molecule has 2 nitrogen and oxygen atoms in total. The monoisotopic (exact) mass is 223 g/mol. The first-order valence-corrected chi connectivity index (χ1v) is 6.23. The third-order valence-corrected chi connectivity index (χ3v) is 3.86. The zero-order valence-electron chi connectivity index (χ0n) is 9.32. The molecule has 3 heteroatoms. The standard InChI is InChI=1S/C12H17NOS/c1-12(2,9-14)8-13-5-3-11-10(7-13)4-6-15-11/h4,6,9H,3,5,7-8H2,1-2H3. The Morgan fingerprint density at radius 1 is 1.60 bits per heavy atom. The average Bonchev–Trinajstić information content (AvgIpc) is 2.64. The van der Waals surface area contributed by atoms with Crippen molar-refractivity contribution in [2.24, 2.45) is 5.41 Å². The van der Waals surface area contributed by atoms with Gasteiger partial charge in [0.2, 0.25) is 0 Å². The van der Waals surface area contributed by atoms with Gasteiger partial charge in [0.05, 0.1) is 0 Å². The first-order valence-electron chi connectivity index (χ1n) is 5.35. The van der Waals surface area contributed by atoms with Crippen LogP contribution in [0.5, 0.6) is 0 Å². The first kappa shape index (κ1) is 10.8. The molecule has 1 aromatic rings. The summed E-state index contributed by atoms with van der Waals surface area (Å²) in [4.78, 5) is 14.8. The van der Waals surface area contributed by atoms with Crippen molar-refractivity contribution in [3.63, 3.8) is 0 Å². The molecule has 1 aromatic heterocycles. The quantitative estimate of drug-likeness (QED) is 0.733. The van der Waals surface area contributed by atoms with Gasteiger partial charge in [-0.05, 0) is 23.4 Å². The summed E-state index contributed by atoms with van der Waals surface area (Å²) in [5.74, 6) is 0. The third kappa shape index (κ3) is 2.47. The van der Waals surface area contributed by atoms with E-state index in [2.05, 4.69) is 16.3 Å². The minimum absolute atomic E-state index is 0.215. The molecule has 0 amide bonds. The van der Waals surface area contributed by atoms with E-state index in [0.717, 1.165) is 32.3 Å². The van der Waals surface area contributed by atoms with Crippen LogP contribution in [0.4, 0.5) is 0 Å². The van der Waals surface area contributed by atoms with Crippen molar-refractivity contribution < 1.29 is 4.79 Å². The van der Waals surface area contributed by atoms with E-state index in [-0.39, 0.29) is 5.41 Å². The fourth-order valence-corrected chi connectivity index (χ4v) is 2.95. The number of rotatable bonds is 3. The van der Waals surface area contributed by atoms with E-state index >= 15 is 0 Å². The molecule has 0 fully saturated rings.